The van der Waals surface area contributed by atoms with Gasteiger partial charge in [0.25, 0.3) is 0 Å². The first-order chi connectivity index (χ1) is 38.8. The van der Waals surface area contributed by atoms with E-state index in [2.05, 4.69) is 72.8 Å². The molecule has 11 aromatic carbocycles. The number of benzene rings is 11. The van der Waals surface area contributed by atoms with Crippen LogP contribution in [0.2, 0.25) is 0 Å². The van der Waals surface area contributed by atoms with Gasteiger partial charge in [0.05, 0.1) is 50.0 Å². The van der Waals surface area contributed by atoms with Crippen LogP contribution in [0, 0.1) is 0 Å². The van der Waals surface area contributed by atoms with Gasteiger partial charge in [-0.05, 0) is 138 Å². The standard InChI is InChI=1S/C68H42O8S4/c69-77(70)53-33-17-19-35-55(53)79(73,74)59-41-43(37-39-57(59)77)61-64-50-30-14-16-32-52(50)68(47-25-9-3-10-26-47,48-27-11-4-12-28-48)66(64)62(44-38-40-58-60(42-44)80(75,76)56-36-20-18-34-54(56)78(58,71)72)63-49-29-13-15-31-51(49)67(65(61)63,45-21-5-1-6-22-45)46-23-7-2-8-24-46/h1-42H. The van der Waals surface area contributed by atoms with Crippen LogP contribution in [0.1, 0.15) is 44.5 Å². The first kappa shape index (κ1) is 48.4. The predicted molar refractivity (Wildman–Crippen MR) is 307 cm³/mol. The molecule has 2 heterocycles. The molecule has 0 unspecified atom stereocenters. The Morgan fingerprint density at radius 2 is 0.475 bits per heavy atom. The summed E-state index contributed by atoms with van der Waals surface area (Å²) in [6.07, 6.45) is 0. The molecule has 0 N–H and O–H groups in total. The average Bonchev–Trinajstić information content (AvgIpc) is 3.96. The molecule has 15 rings (SSSR count). The summed E-state index contributed by atoms with van der Waals surface area (Å²) in [5.74, 6) is 0. The van der Waals surface area contributed by atoms with E-state index in [9.17, 15) is 16.8 Å². The maximum Gasteiger partial charge on any atom is 0.209 e. The van der Waals surface area contributed by atoms with Crippen molar-refractivity contribution < 1.29 is 33.7 Å². The van der Waals surface area contributed by atoms with E-state index in [4.69, 9.17) is 0 Å². The minimum absolute atomic E-state index is 0.290. The Bertz CT molecular complexity index is 4590. The summed E-state index contributed by atoms with van der Waals surface area (Å²) in [5.41, 5.74) is 9.31. The molecule has 0 bridgehead atoms. The molecular formula is C68H42O8S4. The summed E-state index contributed by atoms with van der Waals surface area (Å²) >= 11 is 0. The molecule has 2 aliphatic carbocycles. The van der Waals surface area contributed by atoms with Crippen molar-refractivity contribution in [1.82, 2.24) is 0 Å². The maximum atomic E-state index is 15.2. The second-order valence-electron chi connectivity index (χ2n) is 20.5. The summed E-state index contributed by atoms with van der Waals surface area (Å²) in [6, 6.07) is 77.3. The van der Waals surface area contributed by atoms with E-state index in [-0.39, 0.29) is 39.2 Å². The minimum Gasteiger partial charge on any atom is -0.218 e. The molecule has 12 heteroatoms. The average molecular weight is 1120 g/mol. The third-order valence-corrected chi connectivity index (χ3v) is 24.7. The summed E-state index contributed by atoms with van der Waals surface area (Å²) in [6.45, 7) is 0. The first-order valence-electron chi connectivity index (χ1n) is 25.9. The smallest absolute Gasteiger partial charge is 0.209 e. The normalized spacial score (nSPS) is 17.0. The lowest BCUT2D eigenvalue weighted by Crippen LogP contribution is -2.31. The van der Waals surface area contributed by atoms with E-state index >= 15 is 16.8 Å². The number of sulfone groups is 4. The van der Waals surface area contributed by atoms with Gasteiger partial charge >= 0.3 is 0 Å². The lowest BCUT2D eigenvalue weighted by Gasteiger charge is -2.39. The largest absolute Gasteiger partial charge is 0.218 e. The van der Waals surface area contributed by atoms with Gasteiger partial charge in [0.2, 0.25) is 39.3 Å². The highest BCUT2D eigenvalue weighted by Crippen LogP contribution is 2.69. The van der Waals surface area contributed by atoms with Gasteiger partial charge in [0.1, 0.15) is 0 Å². The second-order valence-corrected chi connectivity index (χ2v) is 28.1. The quantitative estimate of drug-likeness (QED) is 0.161. The van der Waals surface area contributed by atoms with Gasteiger partial charge < -0.3 is 0 Å². The van der Waals surface area contributed by atoms with Crippen LogP contribution >= 0.6 is 0 Å². The van der Waals surface area contributed by atoms with Crippen molar-refractivity contribution >= 4 is 39.3 Å². The van der Waals surface area contributed by atoms with Crippen molar-refractivity contribution in [1.29, 1.82) is 0 Å². The summed E-state index contributed by atoms with van der Waals surface area (Å²) in [5, 5.41) is 0. The van der Waals surface area contributed by atoms with Gasteiger partial charge in [-0.2, -0.15) is 0 Å². The van der Waals surface area contributed by atoms with E-state index in [0.29, 0.717) is 33.4 Å². The highest BCUT2D eigenvalue weighted by Gasteiger charge is 2.56. The Kier molecular flexibility index (Phi) is 10.2. The summed E-state index contributed by atoms with van der Waals surface area (Å²) < 4.78 is 120. The zero-order valence-corrected chi connectivity index (χ0v) is 45.4. The molecule has 0 amide bonds. The van der Waals surface area contributed by atoms with Crippen LogP contribution in [0.5, 0.6) is 0 Å². The van der Waals surface area contributed by atoms with E-state index in [1.807, 2.05) is 97.1 Å². The topological polar surface area (TPSA) is 137 Å². The van der Waals surface area contributed by atoms with Crippen molar-refractivity contribution in [3.05, 3.63) is 299 Å². The lowest BCUT2D eigenvalue weighted by atomic mass is 9.62. The number of hydrogen-bond donors (Lipinski definition) is 0. The van der Waals surface area contributed by atoms with E-state index in [1.165, 1.54) is 72.8 Å². The molecule has 80 heavy (non-hydrogen) atoms. The molecule has 386 valence electrons. The Balaban J connectivity index is 1.23. The molecule has 0 saturated heterocycles. The molecule has 0 fully saturated rings. The molecule has 11 aromatic rings. The number of hydrogen-bond acceptors (Lipinski definition) is 8. The van der Waals surface area contributed by atoms with E-state index < -0.39 is 50.2 Å². The lowest BCUT2D eigenvalue weighted by molar-refractivity contribution is 0.570. The molecule has 4 aliphatic rings. The molecule has 2 aliphatic heterocycles. The fourth-order valence-electron chi connectivity index (χ4n) is 13.7. The second kappa shape index (κ2) is 16.9. The maximum absolute atomic E-state index is 15.2. The third-order valence-electron chi connectivity index (χ3n) is 16.8. The Morgan fingerprint density at radius 1 is 0.225 bits per heavy atom. The molecule has 8 nitrogen and oxygen atoms in total. The fourth-order valence-corrected chi connectivity index (χ4v) is 22.0. The van der Waals surface area contributed by atoms with Crippen LogP contribution in [0.3, 0.4) is 0 Å². The zero-order valence-electron chi connectivity index (χ0n) is 42.1. The minimum atomic E-state index is -4.47. The van der Waals surface area contributed by atoms with Gasteiger partial charge in [-0.1, -0.05) is 206 Å². The van der Waals surface area contributed by atoms with Crippen LogP contribution < -0.4 is 0 Å². The zero-order chi connectivity index (χ0) is 54.6. The molecule has 0 spiro atoms. The Morgan fingerprint density at radius 3 is 0.787 bits per heavy atom. The van der Waals surface area contributed by atoms with Crippen LogP contribution in [0.15, 0.2) is 294 Å². The van der Waals surface area contributed by atoms with Gasteiger partial charge in [0.15, 0.2) is 0 Å². The van der Waals surface area contributed by atoms with Crippen LogP contribution in [0.4, 0.5) is 0 Å². The van der Waals surface area contributed by atoms with Crippen LogP contribution in [0.25, 0.3) is 44.5 Å². The molecule has 0 aromatic heterocycles. The molecule has 0 atom stereocenters. The van der Waals surface area contributed by atoms with Crippen molar-refractivity contribution in [3.8, 4) is 44.5 Å². The summed E-state index contributed by atoms with van der Waals surface area (Å²) in [7, 11) is -17.6. The number of fused-ring (bicyclic) bond motifs is 10. The van der Waals surface area contributed by atoms with E-state index in [0.717, 1.165) is 55.6 Å². The van der Waals surface area contributed by atoms with Crippen LogP contribution in [-0.2, 0) is 50.2 Å². The van der Waals surface area contributed by atoms with Crippen molar-refractivity contribution in [2.24, 2.45) is 0 Å². The van der Waals surface area contributed by atoms with Gasteiger partial charge in [0, 0.05) is 0 Å². The Labute approximate surface area is 463 Å². The molecule has 0 radical (unpaired) electrons. The van der Waals surface area contributed by atoms with Gasteiger partial charge in [-0.15, -0.1) is 0 Å². The third kappa shape index (κ3) is 6.13. The summed E-state index contributed by atoms with van der Waals surface area (Å²) in [4.78, 5) is -2.58. The van der Waals surface area contributed by atoms with Crippen LogP contribution in [-0.4, -0.2) is 33.7 Å². The predicted octanol–water partition coefficient (Wildman–Crippen LogP) is 13.7. The molecular weight excluding hydrogens is 1070 g/mol. The highest BCUT2D eigenvalue weighted by molar-refractivity contribution is 7.98. The highest BCUT2D eigenvalue weighted by atomic mass is 32.2. The van der Waals surface area contributed by atoms with Crippen molar-refractivity contribution in [2.75, 3.05) is 0 Å². The fraction of sp³-hybridized carbons (Fsp3) is 0.0294. The van der Waals surface area contributed by atoms with Crippen molar-refractivity contribution in [2.45, 2.75) is 50.0 Å². The molecule has 0 saturated carbocycles. The van der Waals surface area contributed by atoms with Gasteiger partial charge in [-0.3, -0.25) is 0 Å². The number of rotatable bonds is 6. The van der Waals surface area contributed by atoms with Gasteiger partial charge in [-0.25, -0.2) is 33.7 Å². The van der Waals surface area contributed by atoms with E-state index in [1.54, 1.807) is 12.1 Å². The SMILES string of the molecule is O=S1(=O)c2ccccc2S(=O)(=O)c2cc(-c3c4c(c(-c5ccc6c(c5)S(=O)(=O)c5ccccc5S6(=O)=O)c5c3C(c3ccccc3)(c3ccccc3)c3ccccc3-5)C(c3ccccc3)(c3ccccc3)c3ccccc3-4)ccc21. The Hall–Kier alpha value is -8.78. The van der Waals surface area contributed by atoms with Crippen molar-refractivity contribution in [3.63, 3.8) is 0 Å². The monoisotopic (exact) mass is 1110 g/mol. The first-order valence-corrected chi connectivity index (χ1v) is 31.8.